The van der Waals surface area contributed by atoms with Crippen molar-refractivity contribution in [3.8, 4) is 6.07 Å². The molecule has 0 amide bonds. The van der Waals surface area contributed by atoms with Crippen LogP contribution in [0.1, 0.15) is 11.1 Å². The molecule has 4 nitrogen and oxygen atoms in total. The van der Waals surface area contributed by atoms with Crippen LogP contribution in [0.5, 0.6) is 0 Å². The highest BCUT2D eigenvalue weighted by Crippen LogP contribution is 2.24. The van der Waals surface area contributed by atoms with Crippen molar-refractivity contribution in [2.24, 2.45) is 5.73 Å². The second-order valence-electron chi connectivity index (χ2n) is 3.97. The Morgan fingerprint density at radius 1 is 1.50 bits per heavy atom. The first-order valence-corrected chi connectivity index (χ1v) is 7.29. The third kappa shape index (κ3) is 3.31. The summed E-state index contributed by atoms with van der Waals surface area (Å²) in [5.41, 5.74) is 9.67. The number of rotatable bonds is 3. The Labute approximate surface area is 126 Å². The van der Waals surface area contributed by atoms with Crippen molar-refractivity contribution in [2.45, 2.75) is 12.2 Å². The second-order valence-corrected chi connectivity index (χ2v) is 5.16. The van der Waals surface area contributed by atoms with Crippen LogP contribution in [0.25, 0.3) is 10.9 Å². The van der Waals surface area contributed by atoms with Crippen molar-refractivity contribution in [1.82, 2.24) is 9.65 Å². The Morgan fingerprint density at radius 2 is 2.35 bits per heavy atom. The van der Waals surface area contributed by atoms with Crippen LogP contribution < -0.4 is 10.4 Å². The number of nitrogens with two attached hydrogens (primary N) is 1. The number of fused-ring (bicyclic) bond motifs is 1. The Balaban J connectivity index is 2.40. The van der Waals surface area contributed by atoms with Gasteiger partial charge in [0.2, 0.25) is 0 Å². The first-order valence-electron chi connectivity index (χ1n) is 5.86. The average molecular weight is 304 g/mol. The molecule has 0 spiro atoms. The summed E-state index contributed by atoms with van der Waals surface area (Å²) in [7, 11) is 0. The van der Waals surface area contributed by atoms with E-state index in [1.165, 1.54) is 11.8 Å². The quantitative estimate of drug-likeness (QED) is 0.535. The molecule has 0 radical (unpaired) electrons. The number of amidine groups is 1. The van der Waals surface area contributed by atoms with Crippen LogP contribution in [0.3, 0.4) is 0 Å². The van der Waals surface area contributed by atoms with Gasteiger partial charge in [-0.2, -0.15) is 9.93 Å². The molecule has 2 aromatic rings. The zero-order valence-corrected chi connectivity index (χ0v) is 12.2. The summed E-state index contributed by atoms with van der Waals surface area (Å²) >= 11 is 6.76. The van der Waals surface area contributed by atoms with Gasteiger partial charge in [-0.3, -0.25) is 10.7 Å². The highest BCUT2D eigenvalue weighted by atomic mass is 35.5. The van der Waals surface area contributed by atoms with Crippen LogP contribution in [0.2, 0.25) is 0 Å². The number of nitrogens with zero attached hydrogens (tertiary/aromatic N) is 3. The van der Waals surface area contributed by atoms with Gasteiger partial charge in [0.15, 0.2) is 0 Å². The minimum absolute atomic E-state index is 0.322. The molecule has 6 heteroatoms. The lowest BCUT2D eigenvalue weighted by Gasteiger charge is -2.08. The van der Waals surface area contributed by atoms with Gasteiger partial charge in [-0.15, -0.1) is 0 Å². The molecular formula is C14H12ClN4S+. The third-order valence-electron chi connectivity index (χ3n) is 2.78. The van der Waals surface area contributed by atoms with Gasteiger partial charge in [0.05, 0.1) is 18.0 Å². The minimum atomic E-state index is 0.322. The van der Waals surface area contributed by atoms with Gasteiger partial charge in [0.1, 0.15) is 0 Å². The maximum Gasteiger partial charge on any atom is 0.403 e. The summed E-state index contributed by atoms with van der Waals surface area (Å²) in [5, 5.41) is 10.4. The van der Waals surface area contributed by atoms with Crippen molar-refractivity contribution >= 4 is 45.1 Å². The van der Waals surface area contributed by atoms with Crippen molar-refractivity contribution in [3.63, 3.8) is 0 Å². The molecule has 0 fully saturated rings. The van der Waals surface area contributed by atoms with E-state index in [0.29, 0.717) is 17.3 Å². The number of hydrogen-bond donors (Lipinski definition) is 1. The van der Waals surface area contributed by atoms with E-state index < -0.39 is 0 Å². The van der Waals surface area contributed by atoms with Gasteiger partial charge in [0, 0.05) is 17.3 Å². The van der Waals surface area contributed by atoms with Gasteiger partial charge in [-0.25, -0.2) is 0 Å². The topological polar surface area (TPSA) is 76.8 Å². The molecule has 0 saturated carbocycles. The van der Waals surface area contributed by atoms with Crippen molar-refractivity contribution in [2.75, 3.05) is 0 Å². The van der Waals surface area contributed by atoms with Crippen molar-refractivity contribution < 1.29 is 0 Å². The van der Waals surface area contributed by atoms with E-state index in [9.17, 15) is 0 Å². The summed E-state index contributed by atoms with van der Waals surface area (Å²) in [6.45, 7) is 0. The molecule has 0 atom stereocenters. The normalized spacial score (nSPS) is 9.80. The SMILES string of the molecule is N#CCc1c(CSC(N)=[N+]=CCl)ccc2cccnc12. The molecule has 1 heterocycles. The van der Waals surface area contributed by atoms with E-state index >= 15 is 0 Å². The molecule has 2 N–H and O–H groups in total. The maximum atomic E-state index is 9.01. The molecule has 100 valence electrons. The number of thioether (sulfide) groups is 1. The van der Waals surface area contributed by atoms with E-state index in [4.69, 9.17) is 22.6 Å². The highest BCUT2D eigenvalue weighted by Gasteiger charge is 2.11. The van der Waals surface area contributed by atoms with E-state index in [2.05, 4.69) is 15.7 Å². The van der Waals surface area contributed by atoms with Crippen LogP contribution in [-0.2, 0) is 12.2 Å². The number of aromatic nitrogens is 1. The lowest BCUT2D eigenvalue weighted by molar-refractivity contribution is 1.20. The lowest BCUT2D eigenvalue weighted by atomic mass is 10.0. The Morgan fingerprint density at radius 3 is 3.10 bits per heavy atom. The van der Waals surface area contributed by atoms with Gasteiger partial charge in [-0.05, 0) is 40.6 Å². The zero-order chi connectivity index (χ0) is 14.4. The predicted molar refractivity (Wildman–Crippen MR) is 85.6 cm³/mol. The van der Waals surface area contributed by atoms with E-state index in [1.807, 2.05) is 24.3 Å². The van der Waals surface area contributed by atoms with Crippen molar-refractivity contribution in [3.05, 3.63) is 41.6 Å². The summed E-state index contributed by atoms with van der Waals surface area (Å²) in [6.07, 6.45) is 2.06. The van der Waals surface area contributed by atoms with E-state index in [-0.39, 0.29) is 0 Å². The smallest absolute Gasteiger partial charge is 0.267 e. The minimum Gasteiger partial charge on any atom is -0.267 e. The Hall–Kier alpha value is -1.99. The third-order valence-corrected chi connectivity index (χ3v) is 3.74. The highest BCUT2D eigenvalue weighted by molar-refractivity contribution is 8.13. The van der Waals surface area contributed by atoms with Gasteiger partial charge >= 0.3 is 5.17 Å². The summed E-state index contributed by atoms with van der Waals surface area (Å²) < 4.78 is 3.79. The molecule has 0 aliphatic rings. The zero-order valence-electron chi connectivity index (χ0n) is 10.6. The first-order chi connectivity index (χ1) is 9.76. The largest absolute Gasteiger partial charge is 0.403 e. The predicted octanol–water partition coefficient (Wildman–Crippen LogP) is 2.18. The van der Waals surface area contributed by atoms with Crippen molar-refractivity contribution in [1.29, 1.82) is 5.26 Å². The molecular weight excluding hydrogens is 292 g/mol. The van der Waals surface area contributed by atoms with Crippen LogP contribution in [0.4, 0.5) is 0 Å². The van der Waals surface area contributed by atoms with Gasteiger partial charge < -0.3 is 0 Å². The average Bonchev–Trinajstić information content (AvgIpc) is 2.47. The standard InChI is InChI=1S/C14H11ClN4S/c15-9-19-14(17)20-8-11-4-3-10-2-1-7-18-13(10)12(11)5-6-16/h1-4,7,9,17H,5,8H2/p+1. The molecule has 1 aromatic carbocycles. The molecule has 0 bridgehead atoms. The van der Waals surface area contributed by atoms with E-state index in [1.54, 1.807) is 6.20 Å². The fraction of sp³-hybridized carbons (Fsp3) is 0.143. The number of benzene rings is 1. The molecule has 0 aliphatic heterocycles. The number of nitriles is 1. The fourth-order valence-electron chi connectivity index (χ4n) is 1.90. The molecule has 1 aromatic heterocycles. The lowest BCUT2D eigenvalue weighted by Crippen LogP contribution is -2.10. The summed E-state index contributed by atoms with van der Waals surface area (Å²) in [6, 6.07) is 10.1. The summed E-state index contributed by atoms with van der Waals surface area (Å²) in [4.78, 5) is 4.37. The molecule has 0 unspecified atom stereocenters. The van der Waals surface area contributed by atoms with E-state index in [0.717, 1.165) is 27.7 Å². The molecule has 20 heavy (non-hydrogen) atoms. The summed E-state index contributed by atoms with van der Waals surface area (Å²) in [5.74, 6) is 0.629. The van der Waals surface area contributed by atoms with Gasteiger partial charge in [0.25, 0.3) is 5.67 Å². The number of pyridine rings is 1. The monoisotopic (exact) mass is 303 g/mol. The van der Waals surface area contributed by atoms with Crippen LogP contribution in [0, 0.1) is 11.3 Å². The van der Waals surface area contributed by atoms with Crippen LogP contribution >= 0.6 is 23.4 Å². The number of hydrogen-bond acceptors (Lipinski definition) is 3. The van der Waals surface area contributed by atoms with Crippen LogP contribution in [0.15, 0.2) is 30.5 Å². The molecule has 0 saturated heterocycles. The fourth-order valence-corrected chi connectivity index (χ4v) is 2.76. The molecule has 2 rings (SSSR count). The Kier molecular flexibility index (Phi) is 5.03. The second kappa shape index (κ2) is 6.97. The molecule has 0 aliphatic carbocycles. The Bertz CT molecular complexity index is 730. The maximum absolute atomic E-state index is 9.01. The first kappa shape index (κ1) is 14.4. The van der Waals surface area contributed by atoms with Crippen LogP contribution in [-0.4, -0.2) is 15.8 Å². The van der Waals surface area contributed by atoms with Gasteiger partial charge in [-0.1, -0.05) is 18.2 Å². The number of halogens is 1.